The maximum absolute atomic E-state index is 13.6. The number of benzene rings is 2. The molecule has 0 radical (unpaired) electrons. The minimum Gasteiger partial charge on any atom is -0.450 e. The Morgan fingerprint density at radius 3 is 2.47 bits per heavy atom. The first-order chi connectivity index (χ1) is 15.5. The standard InChI is InChI=1S/C26H24N2O3S/c1-16-10-12-17(13-11-16)23-22-24(29)18-7-4-5-8-20(18)31-25(22)26(30)28(23)15-19(27(2)3)21-9-6-14-32-21/h4-14,19,23H,15H2,1-3H3/t19-,23-/m1/s1. The summed E-state index contributed by atoms with van der Waals surface area (Å²) in [7, 11) is 4.02. The quantitative estimate of drug-likeness (QED) is 0.434. The summed E-state index contributed by atoms with van der Waals surface area (Å²) in [6.07, 6.45) is 0. The van der Waals surface area contributed by atoms with Crippen molar-refractivity contribution in [3.8, 4) is 0 Å². The highest BCUT2D eigenvalue weighted by Gasteiger charge is 2.43. The molecule has 0 saturated heterocycles. The first-order valence-corrected chi connectivity index (χ1v) is 11.5. The molecule has 0 N–H and O–H groups in total. The van der Waals surface area contributed by atoms with Crippen LogP contribution in [0.2, 0.25) is 0 Å². The number of carbonyl (C=O) groups is 1. The second-order valence-electron chi connectivity index (χ2n) is 8.44. The SMILES string of the molecule is Cc1ccc([C@@H]2c3c(oc4ccccc4c3=O)C(=O)N2C[C@H](c2cccs2)N(C)C)cc1. The van der Waals surface area contributed by atoms with E-state index < -0.39 is 6.04 Å². The molecule has 1 amide bonds. The summed E-state index contributed by atoms with van der Waals surface area (Å²) in [5.41, 5.74) is 2.77. The summed E-state index contributed by atoms with van der Waals surface area (Å²) < 4.78 is 6.03. The zero-order valence-electron chi connectivity index (χ0n) is 18.2. The third-order valence-electron chi connectivity index (χ3n) is 6.13. The summed E-state index contributed by atoms with van der Waals surface area (Å²) in [5, 5.41) is 2.54. The second kappa shape index (κ2) is 8.04. The normalized spacial score (nSPS) is 16.7. The van der Waals surface area contributed by atoms with Crippen LogP contribution in [-0.2, 0) is 0 Å². The van der Waals surface area contributed by atoms with Crippen molar-refractivity contribution in [3.63, 3.8) is 0 Å². The van der Waals surface area contributed by atoms with Gasteiger partial charge in [-0.3, -0.25) is 9.59 Å². The van der Waals surface area contributed by atoms with Crippen LogP contribution in [0.4, 0.5) is 0 Å². The van der Waals surface area contributed by atoms with Gasteiger partial charge in [-0.25, -0.2) is 0 Å². The van der Waals surface area contributed by atoms with Crippen LogP contribution in [-0.4, -0.2) is 36.3 Å². The number of fused-ring (bicyclic) bond motifs is 2. The lowest BCUT2D eigenvalue weighted by Crippen LogP contribution is -2.37. The van der Waals surface area contributed by atoms with Crippen molar-refractivity contribution < 1.29 is 9.21 Å². The highest BCUT2D eigenvalue weighted by atomic mass is 32.1. The van der Waals surface area contributed by atoms with Crippen LogP contribution in [0.5, 0.6) is 0 Å². The molecular formula is C26H24N2O3S. The number of para-hydroxylation sites is 1. The van der Waals surface area contributed by atoms with E-state index in [2.05, 4.69) is 11.0 Å². The Labute approximate surface area is 190 Å². The number of amides is 1. The Hall–Kier alpha value is -3.22. The van der Waals surface area contributed by atoms with Gasteiger partial charge >= 0.3 is 0 Å². The lowest BCUT2D eigenvalue weighted by molar-refractivity contribution is 0.0677. The highest BCUT2D eigenvalue weighted by molar-refractivity contribution is 7.10. The molecular weight excluding hydrogens is 420 g/mol. The topological polar surface area (TPSA) is 53.8 Å². The molecule has 162 valence electrons. The Bertz CT molecular complexity index is 1340. The van der Waals surface area contributed by atoms with Gasteiger partial charge in [0.05, 0.1) is 23.0 Å². The predicted octanol–water partition coefficient (Wildman–Crippen LogP) is 5.01. The number of aryl methyl sites for hydroxylation is 1. The molecule has 0 unspecified atom stereocenters. The van der Waals surface area contributed by atoms with Crippen molar-refractivity contribution in [1.29, 1.82) is 0 Å². The molecule has 1 aliphatic heterocycles. The van der Waals surface area contributed by atoms with E-state index in [4.69, 9.17) is 4.42 Å². The molecule has 0 spiro atoms. The average molecular weight is 445 g/mol. The molecule has 1 aliphatic rings. The fourth-order valence-corrected chi connectivity index (χ4v) is 5.34. The Balaban J connectivity index is 1.69. The van der Waals surface area contributed by atoms with Gasteiger partial charge in [0.2, 0.25) is 5.76 Å². The van der Waals surface area contributed by atoms with Crippen molar-refractivity contribution in [2.75, 3.05) is 20.6 Å². The zero-order chi connectivity index (χ0) is 22.4. The van der Waals surface area contributed by atoms with Gasteiger partial charge in [0.15, 0.2) is 5.43 Å². The van der Waals surface area contributed by atoms with Gasteiger partial charge < -0.3 is 14.2 Å². The molecule has 0 bridgehead atoms. The van der Waals surface area contributed by atoms with Gasteiger partial charge in [-0.1, -0.05) is 48.0 Å². The minimum atomic E-state index is -0.485. The lowest BCUT2D eigenvalue weighted by atomic mass is 9.97. The Morgan fingerprint density at radius 2 is 1.78 bits per heavy atom. The number of rotatable bonds is 5. The summed E-state index contributed by atoms with van der Waals surface area (Å²) in [6.45, 7) is 2.47. The smallest absolute Gasteiger partial charge is 0.290 e. The third kappa shape index (κ3) is 3.36. The van der Waals surface area contributed by atoms with E-state index in [-0.39, 0.29) is 23.1 Å². The van der Waals surface area contributed by atoms with Gasteiger partial charge in [-0.15, -0.1) is 11.3 Å². The first-order valence-electron chi connectivity index (χ1n) is 10.6. The van der Waals surface area contributed by atoms with Crippen LogP contribution in [0.3, 0.4) is 0 Å². The largest absolute Gasteiger partial charge is 0.450 e. The fourth-order valence-electron chi connectivity index (χ4n) is 4.43. The average Bonchev–Trinajstić information content (AvgIpc) is 3.40. The number of thiophene rings is 1. The molecule has 5 nitrogen and oxygen atoms in total. The molecule has 0 aliphatic carbocycles. The molecule has 2 atom stereocenters. The molecule has 5 rings (SSSR count). The van der Waals surface area contributed by atoms with Crippen molar-refractivity contribution in [1.82, 2.24) is 9.80 Å². The molecule has 6 heteroatoms. The van der Waals surface area contributed by atoms with Crippen molar-refractivity contribution >= 4 is 28.2 Å². The van der Waals surface area contributed by atoms with E-state index in [0.717, 1.165) is 11.1 Å². The van der Waals surface area contributed by atoms with Gasteiger partial charge in [-0.05, 0) is 50.2 Å². The minimum absolute atomic E-state index is 0.00530. The van der Waals surface area contributed by atoms with E-state index >= 15 is 0 Å². The number of likely N-dealkylation sites (N-methyl/N-ethyl adjacent to an activating group) is 1. The number of carbonyl (C=O) groups excluding carboxylic acids is 1. The van der Waals surface area contributed by atoms with Crippen LogP contribution >= 0.6 is 11.3 Å². The van der Waals surface area contributed by atoms with Gasteiger partial charge in [0, 0.05) is 11.4 Å². The van der Waals surface area contributed by atoms with Crippen LogP contribution < -0.4 is 5.43 Å². The molecule has 4 aromatic rings. The summed E-state index contributed by atoms with van der Waals surface area (Å²) in [5.74, 6) is -0.0835. The summed E-state index contributed by atoms with van der Waals surface area (Å²) >= 11 is 1.67. The molecule has 2 aromatic carbocycles. The monoisotopic (exact) mass is 444 g/mol. The third-order valence-corrected chi connectivity index (χ3v) is 7.10. The van der Waals surface area contributed by atoms with Crippen LogP contribution in [0.25, 0.3) is 11.0 Å². The summed E-state index contributed by atoms with van der Waals surface area (Å²) in [6, 6.07) is 18.8. The van der Waals surface area contributed by atoms with E-state index in [1.807, 2.05) is 68.9 Å². The number of hydrogen-bond donors (Lipinski definition) is 0. The van der Waals surface area contributed by atoms with Crippen LogP contribution in [0.1, 0.15) is 44.2 Å². The molecule has 2 aromatic heterocycles. The van der Waals surface area contributed by atoms with Crippen molar-refractivity contribution in [2.24, 2.45) is 0 Å². The van der Waals surface area contributed by atoms with Crippen molar-refractivity contribution in [2.45, 2.75) is 19.0 Å². The zero-order valence-corrected chi connectivity index (χ0v) is 19.1. The van der Waals surface area contributed by atoms with Crippen LogP contribution in [0.15, 0.2) is 75.3 Å². The predicted molar refractivity (Wildman–Crippen MR) is 127 cm³/mol. The molecule has 0 fully saturated rings. The van der Waals surface area contributed by atoms with Crippen molar-refractivity contribution in [3.05, 3.63) is 104 Å². The molecule has 32 heavy (non-hydrogen) atoms. The molecule has 0 saturated carbocycles. The first kappa shape index (κ1) is 20.7. The van der Waals surface area contributed by atoms with Gasteiger partial charge in [0.1, 0.15) is 5.58 Å². The lowest BCUT2D eigenvalue weighted by Gasteiger charge is -2.32. The fraction of sp³-hybridized carbons (Fsp3) is 0.231. The van der Waals surface area contributed by atoms with Crippen LogP contribution in [0, 0.1) is 6.92 Å². The summed E-state index contributed by atoms with van der Waals surface area (Å²) in [4.78, 5) is 32.3. The van der Waals surface area contributed by atoms with E-state index in [1.54, 1.807) is 28.4 Å². The maximum atomic E-state index is 13.6. The second-order valence-corrected chi connectivity index (χ2v) is 9.41. The Kier molecular flexibility index (Phi) is 5.19. The van der Waals surface area contributed by atoms with E-state index in [0.29, 0.717) is 23.1 Å². The van der Waals surface area contributed by atoms with Gasteiger partial charge in [0.25, 0.3) is 5.91 Å². The number of hydrogen-bond acceptors (Lipinski definition) is 5. The van der Waals surface area contributed by atoms with E-state index in [1.165, 1.54) is 4.88 Å². The highest BCUT2D eigenvalue weighted by Crippen LogP contribution is 2.40. The Morgan fingerprint density at radius 1 is 1.03 bits per heavy atom. The van der Waals surface area contributed by atoms with E-state index in [9.17, 15) is 9.59 Å². The van der Waals surface area contributed by atoms with Gasteiger partial charge in [-0.2, -0.15) is 0 Å². The maximum Gasteiger partial charge on any atom is 0.290 e. The number of nitrogens with zero attached hydrogens (tertiary/aromatic N) is 2. The molecule has 3 heterocycles.